The summed E-state index contributed by atoms with van der Waals surface area (Å²) in [6, 6.07) is 20.0. The van der Waals surface area contributed by atoms with Gasteiger partial charge in [0.15, 0.2) is 0 Å². The molecule has 0 unspecified atom stereocenters. The van der Waals surface area contributed by atoms with Crippen LogP contribution < -0.4 is 11.1 Å². The van der Waals surface area contributed by atoms with Crippen LogP contribution in [0.1, 0.15) is 43.0 Å². The number of hydrogen-bond acceptors (Lipinski definition) is 9. The molecule has 0 aliphatic rings. The highest BCUT2D eigenvalue weighted by atomic mass is 16.6. The number of rotatable bonds is 11. The molecule has 0 saturated carbocycles. The van der Waals surface area contributed by atoms with Crippen molar-refractivity contribution in [2.45, 2.75) is 53.3 Å². The largest absolute Gasteiger partial charge is 0.444 e. The van der Waals surface area contributed by atoms with Gasteiger partial charge in [-0.3, -0.25) is 23.3 Å². The highest BCUT2D eigenvalue weighted by molar-refractivity contribution is 5.84. The summed E-state index contributed by atoms with van der Waals surface area (Å²) in [5, 5.41) is 18.8. The zero-order chi connectivity index (χ0) is 38.7. The predicted octanol–water partition coefficient (Wildman–Crippen LogP) is 5.47. The van der Waals surface area contributed by atoms with E-state index in [4.69, 9.17) is 4.74 Å². The number of pyridine rings is 2. The summed E-state index contributed by atoms with van der Waals surface area (Å²) >= 11 is 0. The lowest BCUT2D eigenvalue weighted by Gasteiger charge is -2.26. The van der Waals surface area contributed by atoms with Crippen LogP contribution in [-0.2, 0) is 17.8 Å². The first kappa shape index (κ1) is 38.0. The minimum Gasteiger partial charge on any atom is -0.444 e. The second-order valence-corrected chi connectivity index (χ2v) is 14.5. The Bertz CT molecular complexity index is 2470. The standard InChI is InChI=1S/C42H46N6O6/c1-27-33(29-13-15-47-37(21-29)43-23-31(39(47)51)25-45(6)17-19-49)9-7-11-35(27)36-12-8-10-34(28(36)2)30-14-16-48-38(22-30)44-24-32(40(48)52)26-46(18-20-50)41(53)54-42(3,4)5/h7-16,21-24,49-50H,17-20,25-26H2,1-6H3. The van der Waals surface area contributed by atoms with Crippen molar-refractivity contribution in [3.63, 3.8) is 0 Å². The maximum atomic E-state index is 13.5. The summed E-state index contributed by atoms with van der Waals surface area (Å²) in [5.41, 5.74) is 8.82. The molecule has 0 spiro atoms. The summed E-state index contributed by atoms with van der Waals surface area (Å²) in [4.78, 5) is 51.9. The fraction of sp³-hybridized carbons (Fsp3) is 0.310. The number of carbonyl (C=O) groups is 1. The van der Waals surface area contributed by atoms with Gasteiger partial charge < -0.3 is 19.8 Å². The molecule has 0 saturated heterocycles. The molecular formula is C42H46N6O6. The van der Waals surface area contributed by atoms with Crippen LogP contribution in [0.25, 0.3) is 44.7 Å². The molecular weight excluding hydrogens is 684 g/mol. The van der Waals surface area contributed by atoms with Crippen molar-refractivity contribution >= 4 is 17.4 Å². The lowest BCUT2D eigenvalue weighted by Crippen LogP contribution is -2.39. The number of carbonyl (C=O) groups excluding carboxylic acids is 1. The highest BCUT2D eigenvalue weighted by Crippen LogP contribution is 2.37. The maximum Gasteiger partial charge on any atom is 0.410 e. The van der Waals surface area contributed by atoms with E-state index < -0.39 is 11.7 Å². The van der Waals surface area contributed by atoms with Gasteiger partial charge in [-0.25, -0.2) is 14.8 Å². The van der Waals surface area contributed by atoms with Gasteiger partial charge in [0, 0.05) is 44.4 Å². The number of nitrogens with zero attached hydrogens (tertiary/aromatic N) is 6. The van der Waals surface area contributed by atoms with Gasteiger partial charge in [-0.15, -0.1) is 0 Å². The molecule has 6 aromatic rings. The van der Waals surface area contributed by atoms with Crippen LogP contribution in [0.4, 0.5) is 4.79 Å². The van der Waals surface area contributed by atoms with E-state index in [9.17, 15) is 24.6 Å². The van der Waals surface area contributed by atoms with Crippen LogP contribution in [0.3, 0.4) is 0 Å². The maximum absolute atomic E-state index is 13.5. The second kappa shape index (κ2) is 15.7. The summed E-state index contributed by atoms with van der Waals surface area (Å²) < 4.78 is 8.49. The summed E-state index contributed by atoms with van der Waals surface area (Å²) in [7, 11) is 1.85. The molecule has 2 N–H and O–H groups in total. The van der Waals surface area contributed by atoms with E-state index in [0.29, 0.717) is 35.5 Å². The van der Waals surface area contributed by atoms with Gasteiger partial charge in [0.1, 0.15) is 16.9 Å². The molecule has 54 heavy (non-hydrogen) atoms. The van der Waals surface area contributed by atoms with E-state index in [1.54, 1.807) is 43.8 Å². The number of likely N-dealkylation sites (N-methyl/N-ethyl adjacent to an activating group) is 1. The smallest absolute Gasteiger partial charge is 0.410 e. The van der Waals surface area contributed by atoms with Gasteiger partial charge in [-0.05, 0) is 110 Å². The van der Waals surface area contributed by atoms with Crippen molar-refractivity contribution in [2.24, 2.45) is 0 Å². The molecule has 6 rings (SSSR count). The predicted molar refractivity (Wildman–Crippen MR) is 209 cm³/mol. The van der Waals surface area contributed by atoms with Gasteiger partial charge in [-0.2, -0.15) is 0 Å². The molecule has 1 amide bonds. The van der Waals surface area contributed by atoms with Crippen molar-refractivity contribution in [3.8, 4) is 33.4 Å². The summed E-state index contributed by atoms with van der Waals surface area (Å²) in [5.74, 6) is 0. The molecule has 280 valence electrons. The Hall–Kier alpha value is -5.69. The van der Waals surface area contributed by atoms with Gasteiger partial charge in [0.25, 0.3) is 11.1 Å². The quantitative estimate of drug-likeness (QED) is 0.177. The molecule has 0 aliphatic carbocycles. The fourth-order valence-corrected chi connectivity index (χ4v) is 6.69. The zero-order valence-corrected chi connectivity index (χ0v) is 31.5. The number of aliphatic hydroxyl groups is 2. The SMILES string of the molecule is Cc1c(-c2ccn3c(=O)c(CN(C)CCO)cnc3c2)cccc1-c1cccc(-c2ccn3c(=O)c(CN(CCO)C(=O)OC(C)(C)C)cnc3c2)c1C. The number of aliphatic hydroxyl groups excluding tert-OH is 2. The topological polar surface area (TPSA) is 142 Å². The van der Waals surface area contributed by atoms with E-state index in [2.05, 4.69) is 42.0 Å². The Morgan fingerprint density at radius 2 is 1.19 bits per heavy atom. The first-order chi connectivity index (χ1) is 25.8. The lowest BCUT2D eigenvalue weighted by molar-refractivity contribution is 0.0200. The Kier molecular flexibility index (Phi) is 11.1. The van der Waals surface area contributed by atoms with E-state index in [1.807, 2.05) is 54.4 Å². The first-order valence-corrected chi connectivity index (χ1v) is 17.9. The van der Waals surface area contributed by atoms with E-state index in [0.717, 1.165) is 44.5 Å². The molecule has 12 heteroatoms. The Balaban J connectivity index is 1.30. The third-order valence-electron chi connectivity index (χ3n) is 9.45. The van der Waals surface area contributed by atoms with Crippen LogP contribution >= 0.6 is 0 Å². The fourth-order valence-electron chi connectivity index (χ4n) is 6.69. The third-order valence-corrected chi connectivity index (χ3v) is 9.45. The van der Waals surface area contributed by atoms with E-state index in [-0.39, 0.29) is 37.4 Å². The van der Waals surface area contributed by atoms with Crippen LogP contribution in [0, 0.1) is 13.8 Å². The first-order valence-electron chi connectivity index (χ1n) is 17.9. The molecule has 4 aromatic heterocycles. The van der Waals surface area contributed by atoms with Crippen molar-refractivity contribution in [1.29, 1.82) is 0 Å². The average Bonchev–Trinajstić information content (AvgIpc) is 3.13. The molecule has 12 nitrogen and oxygen atoms in total. The zero-order valence-electron chi connectivity index (χ0n) is 31.5. The Morgan fingerprint density at radius 3 is 1.65 bits per heavy atom. The second-order valence-electron chi connectivity index (χ2n) is 14.5. The van der Waals surface area contributed by atoms with Gasteiger partial charge in [-0.1, -0.05) is 36.4 Å². The Morgan fingerprint density at radius 1 is 0.722 bits per heavy atom. The third kappa shape index (κ3) is 7.96. The van der Waals surface area contributed by atoms with Crippen LogP contribution in [0.2, 0.25) is 0 Å². The highest BCUT2D eigenvalue weighted by Gasteiger charge is 2.23. The number of benzene rings is 2. The van der Waals surface area contributed by atoms with Gasteiger partial charge in [0.2, 0.25) is 0 Å². The molecule has 0 atom stereocenters. The van der Waals surface area contributed by atoms with E-state index in [1.165, 1.54) is 15.5 Å². The summed E-state index contributed by atoms with van der Waals surface area (Å²) in [6.07, 6.45) is 5.93. The average molecular weight is 731 g/mol. The number of ether oxygens (including phenoxy) is 1. The lowest BCUT2D eigenvalue weighted by atomic mass is 9.88. The van der Waals surface area contributed by atoms with Crippen molar-refractivity contribution in [3.05, 3.63) is 128 Å². The molecule has 2 aromatic carbocycles. The van der Waals surface area contributed by atoms with E-state index >= 15 is 0 Å². The molecule has 0 bridgehead atoms. The number of fused-ring (bicyclic) bond motifs is 2. The molecule has 4 heterocycles. The summed E-state index contributed by atoms with van der Waals surface area (Å²) in [6.45, 7) is 10.0. The number of hydrogen-bond donors (Lipinski definition) is 2. The van der Waals surface area contributed by atoms with Crippen molar-refractivity contribution in [2.75, 3.05) is 33.4 Å². The van der Waals surface area contributed by atoms with Gasteiger partial charge >= 0.3 is 6.09 Å². The van der Waals surface area contributed by atoms with Crippen LogP contribution in [0.5, 0.6) is 0 Å². The minimum absolute atomic E-state index is 0.0149. The van der Waals surface area contributed by atoms with Crippen LogP contribution in [0.15, 0.2) is 95.0 Å². The number of aromatic nitrogens is 4. The minimum atomic E-state index is -0.724. The van der Waals surface area contributed by atoms with Crippen molar-refractivity contribution < 1.29 is 19.7 Å². The van der Waals surface area contributed by atoms with Crippen molar-refractivity contribution in [1.82, 2.24) is 28.6 Å². The Labute approximate surface area is 313 Å². The molecule has 0 radical (unpaired) electrons. The molecule has 0 aliphatic heterocycles. The van der Waals surface area contributed by atoms with Gasteiger partial charge in [0.05, 0.1) is 30.9 Å². The monoisotopic (exact) mass is 730 g/mol. The normalized spacial score (nSPS) is 11.8. The van der Waals surface area contributed by atoms with Crippen LogP contribution in [-0.4, -0.2) is 83.8 Å². The molecule has 0 fully saturated rings. The number of amides is 1.